The average Bonchev–Trinajstić information content (AvgIpc) is 2.97. The number of rotatable bonds is 13. The highest BCUT2D eigenvalue weighted by Gasteiger charge is 2.20. The molecule has 9 nitrogen and oxygen atoms in total. The van der Waals surface area contributed by atoms with E-state index in [0.29, 0.717) is 18.1 Å². The molecule has 3 rings (SSSR count). The van der Waals surface area contributed by atoms with Crippen LogP contribution < -0.4 is 15.4 Å². The summed E-state index contributed by atoms with van der Waals surface area (Å²) in [7, 11) is 0. The number of amides is 2. The second kappa shape index (κ2) is 16.2. The summed E-state index contributed by atoms with van der Waals surface area (Å²) in [6, 6.07) is 12.2. The van der Waals surface area contributed by atoms with E-state index < -0.39 is 30.6 Å². The number of benzene rings is 2. The Morgan fingerprint density at radius 1 is 0.867 bits per heavy atom. The molecule has 0 aliphatic rings. The molecule has 2 aromatic carbocycles. The van der Waals surface area contributed by atoms with Crippen molar-refractivity contribution >= 4 is 23.7 Å². The summed E-state index contributed by atoms with van der Waals surface area (Å²) in [6.45, 7) is 11.5. The molecule has 2 N–H and O–H groups in total. The van der Waals surface area contributed by atoms with Crippen molar-refractivity contribution < 1.29 is 33.0 Å². The number of allylic oxidation sites excluding steroid dienone is 2. The van der Waals surface area contributed by atoms with Crippen LogP contribution in [-0.4, -0.2) is 42.9 Å². The third-order valence-corrected chi connectivity index (χ3v) is 6.78. The minimum atomic E-state index is -0.833. The summed E-state index contributed by atoms with van der Waals surface area (Å²) in [5.41, 5.74) is 12.2. The summed E-state index contributed by atoms with van der Waals surface area (Å²) in [5, 5.41) is 0. The van der Waals surface area contributed by atoms with Gasteiger partial charge in [0, 0.05) is 36.4 Å². The standard InChI is InChI=1S/C35H40FN3O6/c1-22(2)13-15-39(35(42)45-21-44-34(41)12-10-32(37)40)27-8-9-28(31(36)19-27)30-18-24(5)29(17-25(30)6)26-7-11-33(38-20-26)43-16-14-23(3)4/h7-9,11,13-14,17-20H,10,12,15-16,21H2,1-6H3,(H2,37,40). The van der Waals surface area contributed by atoms with E-state index in [1.807, 2.05) is 71.9 Å². The maximum absolute atomic E-state index is 15.7. The maximum atomic E-state index is 15.7. The van der Waals surface area contributed by atoms with Crippen molar-refractivity contribution in [2.24, 2.45) is 5.73 Å². The molecular formula is C35H40FN3O6. The van der Waals surface area contributed by atoms with Crippen LogP contribution in [0.15, 0.2) is 72.0 Å². The molecule has 10 heteroatoms. The zero-order valence-electron chi connectivity index (χ0n) is 26.6. The molecule has 238 valence electrons. The van der Waals surface area contributed by atoms with Crippen molar-refractivity contribution in [1.29, 1.82) is 0 Å². The second-order valence-electron chi connectivity index (χ2n) is 11.0. The summed E-state index contributed by atoms with van der Waals surface area (Å²) in [5.74, 6) is -1.36. The Bertz CT molecular complexity index is 1590. The predicted molar refractivity (Wildman–Crippen MR) is 172 cm³/mol. The fraction of sp³-hybridized carbons (Fsp3) is 0.314. The van der Waals surface area contributed by atoms with Gasteiger partial charge >= 0.3 is 12.1 Å². The molecule has 0 fully saturated rings. The molecule has 1 heterocycles. The summed E-state index contributed by atoms with van der Waals surface area (Å²) in [6.07, 6.45) is 4.29. The number of nitrogens with zero attached hydrogens (tertiary/aromatic N) is 2. The molecule has 1 aromatic heterocycles. The lowest BCUT2D eigenvalue weighted by molar-refractivity contribution is -0.152. The molecule has 0 aliphatic carbocycles. The van der Waals surface area contributed by atoms with Crippen LogP contribution in [0.25, 0.3) is 22.3 Å². The van der Waals surface area contributed by atoms with Gasteiger partial charge in [0.1, 0.15) is 12.4 Å². The quantitative estimate of drug-likeness (QED) is 0.122. The smallest absolute Gasteiger partial charge is 0.417 e. The van der Waals surface area contributed by atoms with Crippen LogP contribution in [-0.2, 0) is 19.1 Å². The van der Waals surface area contributed by atoms with Gasteiger partial charge in [0.25, 0.3) is 0 Å². The monoisotopic (exact) mass is 617 g/mol. The van der Waals surface area contributed by atoms with E-state index in [1.54, 1.807) is 24.4 Å². The molecule has 0 saturated heterocycles. The van der Waals surface area contributed by atoms with Crippen molar-refractivity contribution in [1.82, 2.24) is 4.98 Å². The SMILES string of the molecule is CC(C)=CCOc1ccc(-c2cc(C)c(-c3ccc(N(CC=C(C)C)C(=O)OCOC(=O)CCC(N)=O)cc3F)cc2C)cn1. The number of anilines is 1. The van der Waals surface area contributed by atoms with Crippen LogP contribution in [0.3, 0.4) is 0 Å². The Balaban J connectivity index is 1.80. The third-order valence-electron chi connectivity index (χ3n) is 6.78. The summed E-state index contributed by atoms with van der Waals surface area (Å²) in [4.78, 5) is 41.1. The Hall–Kier alpha value is -4.99. The first-order valence-corrected chi connectivity index (χ1v) is 14.5. The van der Waals surface area contributed by atoms with Gasteiger partial charge in [0.15, 0.2) is 0 Å². The normalized spacial score (nSPS) is 10.5. The van der Waals surface area contributed by atoms with E-state index in [2.05, 4.69) is 4.98 Å². The highest BCUT2D eigenvalue weighted by Crippen LogP contribution is 2.34. The molecule has 0 atom stereocenters. The Morgan fingerprint density at radius 2 is 1.56 bits per heavy atom. The van der Waals surface area contributed by atoms with Crippen LogP contribution >= 0.6 is 0 Å². The van der Waals surface area contributed by atoms with Gasteiger partial charge in [-0.2, -0.15) is 0 Å². The van der Waals surface area contributed by atoms with Crippen LogP contribution in [0.4, 0.5) is 14.9 Å². The Morgan fingerprint density at radius 3 is 2.18 bits per heavy atom. The summed E-state index contributed by atoms with van der Waals surface area (Å²) >= 11 is 0. The molecule has 3 aromatic rings. The van der Waals surface area contributed by atoms with Crippen LogP contribution in [0, 0.1) is 19.7 Å². The number of hydrogen-bond donors (Lipinski definition) is 1. The van der Waals surface area contributed by atoms with E-state index in [9.17, 15) is 14.4 Å². The van der Waals surface area contributed by atoms with Crippen molar-refractivity contribution in [2.75, 3.05) is 24.8 Å². The molecule has 2 amide bonds. The van der Waals surface area contributed by atoms with Gasteiger partial charge in [0.2, 0.25) is 18.6 Å². The van der Waals surface area contributed by atoms with Gasteiger partial charge in [-0.1, -0.05) is 29.4 Å². The van der Waals surface area contributed by atoms with Crippen LogP contribution in [0.2, 0.25) is 0 Å². The lowest BCUT2D eigenvalue weighted by Gasteiger charge is -2.22. The highest BCUT2D eigenvalue weighted by atomic mass is 19.1. The number of carbonyl (C=O) groups excluding carboxylic acids is 3. The zero-order valence-corrected chi connectivity index (χ0v) is 26.6. The number of aryl methyl sites for hydroxylation is 2. The number of carbonyl (C=O) groups is 3. The lowest BCUT2D eigenvalue weighted by atomic mass is 9.92. The predicted octanol–water partition coefficient (Wildman–Crippen LogP) is 7.19. The number of pyridine rings is 1. The fourth-order valence-corrected chi connectivity index (χ4v) is 4.31. The third kappa shape index (κ3) is 10.3. The topological polar surface area (TPSA) is 121 Å². The number of nitrogens with two attached hydrogens (primary N) is 1. The molecule has 0 unspecified atom stereocenters. The zero-order chi connectivity index (χ0) is 33.1. The van der Waals surface area contributed by atoms with Gasteiger partial charge in [-0.3, -0.25) is 14.5 Å². The van der Waals surface area contributed by atoms with E-state index >= 15 is 4.39 Å². The molecule has 0 spiro atoms. The Kier molecular flexibility index (Phi) is 12.4. The average molecular weight is 618 g/mol. The van der Waals surface area contributed by atoms with Crippen molar-refractivity contribution in [3.8, 4) is 28.1 Å². The van der Waals surface area contributed by atoms with E-state index in [0.717, 1.165) is 33.4 Å². The Labute approximate surface area is 263 Å². The van der Waals surface area contributed by atoms with Crippen molar-refractivity contribution in [2.45, 2.75) is 54.4 Å². The maximum Gasteiger partial charge on any atom is 0.417 e. The molecule has 0 bridgehead atoms. The van der Waals surface area contributed by atoms with Gasteiger partial charge in [0.05, 0.1) is 12.1 Å². The molecular weight excluding hydrogens is 577 g/mol. The van der Waals surface area contributed by atoms with Gasteiger partial charge in [-0.05, 0) is 94.1 Å². The van der Waals surface area contributed by atoms with Crippen LogP contribution in [0.5, 0.6) is 5.88 Å². The first-order valence-electron chi connectivity index (χ1n) is 14.5. The highest BCUT2D eigenvalue weighted by molar-refractivity contribution is 5.89. The largest absolute Gasteiger partial charge is 0.473 e. The van der Waals surface area contributed by atoms with Crippen molar-refractivity contribution in [3.05, 3.63) is 88.9 Å². The number of halogens is 1. The lowest BCUT2D eigenvalue weighted by Crippen LogP contribution is -2.33. The van der Waals surface area contributed by atoms with Gasteiger partial charge < -0.3 is 19.9 Å². The minimum absolute atomic E-state index is 0.106. The first-order chi connectivity index (χ1) is 21.3. The molecule has 45 heavy (non-hydrogen) atoms. The molecule has 0 aliphatic heterocycles. The van der Waals surface area contributed by atoms with E-state index in [-0.39, 0.29) is 25.1 Å². The van der Waals surface area contributed by atoms with Crippen LogP contribution in [0.1, 0.15) is 51.7 Å². The second-order valence-corrected chi connectivity index (χ2v) is 11.0. The van der Waals surface area contributed by atoms with Crippen molar-refractivity contribution in [3.63, 3.8) is 0 Å². The number of primary amides is 1. The minimum Gasteiger partial charge on any atom is -0.473 e. The number of aromatic nitrogens is 1. The van der Waals surface area contributed by atoms with Gasteiger partial charge in [-0.25, -0.2) is 14.2 Å². The first kappa shape index (κ1) is 34.5. The number of esters is 1. The van der Waals surface area contributed by atoms with Gasteiger partial charge in [-0.15, -0.1) is 0 Å². The fourth-order valence-electron chi connectivity index (χ4n) is 4.31. The number of hydrogen-bond acceptors (Lipinski definition) is 7. The molecule has 0 saturated carbocycles. The molecule has 0 radical (unpaired) electrons. The van der Waals surface area contributed by atoms with E-state index in [1.165, 1.54) is 16.5 Å². The van der Waals surface area contributed by atoms with E-state index in [4.69, 9.17) is 19.9 Å². The number of ether oxygens (including phenoxy) is 3. The summed E-state index contributed by atoms with van der Waals surface area (Å²) < 4.78 is 31.3.